The van der Waals surface area contributed by atoms with Gasteiger partial charge >= 0.3 is 0 Å². The van der Waals surface area contributed by atoms with Gasteiger partial charge in [-0.25, -0.2) is 0 Å². The molecule has 0 aliphatic heterocycles. The van der Waals surface area contributed by atoms with Crippen molar-refractivity contribution in [1.29, 1.82) is 0 Å². The van der Waals surface area contributed by atoms with E-state index in [0.717, 1.165) is 29.9 Å². The van der Waals surface area contributed by atoms with E-state index in [4.69, 9.17) is 23.7 Å². The van der Waals surface area contributed by atoms with Gasteiger partial charge in [-0.2, -0.15) is 0 Å². The van der Waals surface area contributed by atoms with Crippen LogP contribution in [0.15, 0.2) is 24.3 Å². The number of benzene rings is 1. The average molecular weight is 461 g/mol. The van der Waals surface area contributed by atoms with E-state index in [2.05, 4.69) is 22.9 Å². The molecule has 162 valence electrons. The fraction of sp³-hybridized carbons (Fsp3) is 0.727. The minimum absolute atomic E-state index is 0.520. The van der Waals surface area contributed by atoms with Gasteiger partial charge in [0.15, 0.2) is 0 Å². The van der Waals surface area contributed by atoms with Crippen molar-refractivity contribution < 1.29 is 23.7 Å². The number of ether oxygens (including phenoxy) is 5. The smallest absolute Gasteiger partial charge is 0.119 e. The number of unbranched alkanes of at least 4 members (excludes halogenated alkanes) is 5. The van der Waals surface area contributed by atoms with Crippen molar-refractivity contribution in [2.75, 3.05) is 58.2 Å². The lowest BCUT2D eigenvalue weighted by molar-refractivity contribution is 0.0118. The summed E-state index contributed by atoms with van der Waals surface area (Å²) in [6.07, 6.45) is 7.65. The lowest BCUT2D eigenvalue weighted by Gasteiger charge is -2.09. The second-order valence-corrected chi connectivity index (χ2v) is 7.26. The predicted molar refractivity (Wildman–Crippen MR) is 117 cm³/mol. The number of alkyl halides is 1. The van der Waals surface area contributed by atoms with Crippen molar-refractivity contribution in [2.45, 2.75) is 45.4 Å². The summed E-state index contributed by atoms with van der Waals surface area (Å²) < 4.78 is 27.6. The van der Waals surface area contributed by atoms with Crippen LogP contribution in [-0.4, -0.2) is 58.2 Å². The zero-order valence-electron chi connectivity index (χ0n) is 17.3. The molecule has 0 aliphatic rings. The molecule has 0 heterocycles. The van der Waals surface area contributed by atoms with Gasteiger partial charge in [-0.3, -0.25) is 0 Å². The van der Waals surface area contributed by atoms with Crippen LogP contribution >= 0.6 is 15.9 Å². The van der Waals surface area contributed by atoms with Gasteiger partial charge in [-0.05, 0) is 30.7 Å². The van der Waals surface area contributed by atoms with Crippen LogP contribution in [0.2, 0.25) is 0 Å². The SMILES string of the molecule is CCCCCCCCOc1ccc(OCCOCCOCCOCCBr)cc1. The third kappa shape index (κ3) is 15.1. The van der Waals surface area contributed by atoms with E-state index >= 15 is 0 Å². The maximum absolute atomic E-state index is 5.77. The van der Waals surface area contributed by atoms with E-state index in [9.17, 15) is 0 Å². The standard InChI is InChI=1S/C22H37BrO5/c1-2-3-4-5-6-7-13-27-21-8-10-22(11-9-21)28-20-19-26-18-17-25-16-15-24-14-12-23/h8-11H,2-7,12-20H2,1H3. The van der Waals surface area contributed by atoms with Gasteiger partial charge in [-0.1, -0.05) is 55.0 Å². The first-order chi connectivity index (χ1) is 13.9. The summed E-state index contributed by atoms with van der Waals surface area (Å²) in [6.45, 7) is 7.15. The maximum atomic E-state index is 5.77. The fourth-order valence-electron chi connectivity index (χ4n) is 2.52. The van der Waals surface area contributed by atoms with Crippen LogP contribution in [-0.2, 0) is 14.2 Å². The summed E-state index contributed by atoms with van der Waals surface area (Å²) in [4.78, 5) is 0. The van der Waals surface area contributed by atoms with E-state index in [-0.39, 0.29) is 0 Å². The Balaban J connectivity index is 1.93. The molecular formula is C22H37BrO5. The van der Waals surface area contributed by atoms with Gasteiger partial charge in [0, 0.05) is 5.33 Å². The summed E-state index contributed by atoms with van der Waals surface area (Å²) in [5.41, 5.74) is 0. The summed E-state index contributed by atoms with van der Waals surface area (Å²) in [5, 5.41) is 0.852. The van der Waals surface area contributed by atoms with Crippen LogP contribution in [0.4, 0.5) is 0 Å². The molecule has 6 heteroatoms. The molecule has 0 fully saturated rings. The first-order valence-corrected chi connectivity index (χ1v) is 11.6. The van der Waals surface area contributed by atoms with Gasteiger partial charge in [0.2, 0.25) is 0 Å². The molecule has 0 spiro atoms. The molecule has 0 aromatic heterocycles. The molecule has 1 aromatic rings. The normalized spacial score (nSPS) is 10.9. The second-order valence-electron chi connectivity index (χ2n) is 6.46. The van der Waals surface area contributed by atoms with Crippen LogP contribution in [0.1, 0.15) is 45.4 Å². The Morgan fingerprint density at radius 1 is 0.571 bits per heavy atom. The molecule has 0 aliphatic carbocycles. The Morgan fingerprint density at radius 3 is 1.61 bits per heavy atom. The molecule has 0 saturated heterocycles. The van der Waals surface area contributed by atoms with E-state index in [0.29, 0.717) is 46.2 Å². The summed E-state index contributed by atoms with van der Waals surface area (Å²) >= 11 is 3.31. The van der Waals surface area contributed by atoms with Gasteiger partial charge in [0.05, 0.1) is 46.2 Å². The molecule has 0 radical (unpaired) electrons. The Hall–Kier alpha value is -0.820. The summed E-state index contributed by atoms with van der Waals surface area (Å²) in [7, 11) is 0. The monoisotopic (exact) mass is 460 g/mol. The molecule has 0 atom stereocenters. The zero-order valence-corrected chi connectivity index (χ0v) is 18.9. The number of hydrogen-bond donors (Lipinski definition) is 0. The fourth-order valence-corrected chi connectivity index (χ4v) is 2.75. The average Bonchev–Trinajstić information content (AvgIpc) is 2.72. The highest BCUT2D eigenvalue weighted by Gasteiger charge is 1.98. The van der Waals surface area contributed by atoms with Crippen molar-refractivity contribution in [3.8, 4) is 11.5 Å². The maximum Gasteiger partial charge on any atom is 0.119 e. The van der Waals surface area contributed by atoms with Crippen molar-refractivity contribution in [3.05, 3.63) is 24.3 Å². The molecule has 0 unspecified atom stereocenters. The molecule has 0 bridgehead atoms. The first kappa shape index (κ1) is 25.2. The van der Waals surface area contributed by atoms with Gasteiger partial charge < -0.3 is 23.7 Å². The predicted octanol–water partition coefficient (Wildman–Crippen LogP) is 5.25. The van der Waals surface area contributed by atoms with E-state index in [1.165, 1.54) is 32.1 Å². The molecule has 1 rings (SSSR count). The Morgan fingerprint density at radius 2 is 1.04 bits per heavy atom. The van der Waals surface area contributed by atoms with E-state index in [1.54, 1.807) is 0 Å². The van der Waals surface area contributed by atoms with Gasteiger partial charge in [0.1, 0.15) is 18.1 Å². The van der Waals surface area contributed by atoms with Crippen LogP contribution in [0.3, 0.4) is 0 Å². The summed E-state index contributed by atoms with van der Waals surface area (Å²) in [5.74, 6) is 1.73. The van der Waals surface area contributed by atoms with Crippen molar-refractivity contribution in [3.63, 3.8) is 0 Å². The lowest BCUT2D eigenvalue weighted by atomic mass is 10.1. The largest absolute Gasteiger partial charge is 0.494 e. The molecule has 0 amide bonds. The third-order valence-electron chi connectivity index (χ3n) is 4.05. The van der Waals surface area contributed by atoms with Crippen LogP contribution in [0.5, 0.6) is 11.5 Å². The van der Waals surface area contributed by atoms with Crippen LogP contribution in [0, 0.1) is 0 Å². The highest BCUT2D eigenvalue weighted by atomic mass is 79.9. The van der Waals surface area contributed by atoms with Gasteiger partial charge in [-0.15, -0.1) is 0 Å². The van der Waals surface area contributed by atoms with E-state index in [1.807, 2.05) is 24.3 Å². The second kappa shape index (κ2) is 19.5. The lowest BCUT2D eigenvalue weighted by Crippen LogP contribution is -2.13. The number of halogens is 1. The number of hydrogen-bond acceptors (Lipinski definition) is 5. The molecule has 0 N–H and O–H groups in total. The molecule has 28 heavy (non-hydrogen) atoms. The molecule has 5 nitrogen and oxygen atoms in total. The highest BCUT2D eigenvalue weighted by Crippen LogP contribution is 2.18. The van der Waals surface area contributed by atoms with Crippen LogP contribution in [0.25, 0.3) is 0 Å². The van der Waals surface area contributed by atoms with Crippen molar-refractivity contribution in [2.24, 2.45) is 0 Å². The molecule has 0 saturated carbocycles. The third-order valence-corrected chi connectivity index (χ3v) is 4.38. The summed E-state index contributed by atoms with van der Waals surface area (Å²) in [6, 6.07) is 7.79. The topological polar surface area (TPSA) is 46.2 Å². The minimum atomic E-state index is 0.520. The van der Waals surface area contributed by atoms with Crippen LogP contribution < -0.4 is 9.47 Å². The minimum Gasteiger partial charge on any atom is -0.494 e. The van der Waals surface area contributed by atoms with E-state index < -0.39 is 0 Å². The first-order valence-electron chi connectivity index (χ1n) is 10.5. The van der Waals surface area contributed by atoms with Crippen molar-refractivity contribution in [1.82, 2.24) is 0 Å². The Kier molecular flexibility index (Phi) is 17.6. The quantitative estimate of drug-likeness (QED) is 0.196. The number of rotatable bonds is 20. The molecular weight excluding hydrogens is 424 g/mol. The Labute approximate surface area is 179 Å². The zero-order chi connectivity index (χ0) is 20.1. The highest BCUT2D eigenvalue weighted by molar-refractivity contribution is 9.09. The molecule has 1 aromatic carbocycles. The Bertz CT molecular complexity index is 441. The van der Waals surface area contributed by atoms with Gasteiger partial charge in [0.25, 0.3) is 0 Å². The van der Waals surface area contributed by atoms with Crippen molar-refractivity contribution >= 4 is 15.9 Å².